The van der Waals surface area contributed by atoms with E-state index in [1.807, 2.05) is 13.8 Å². The molecule has 96 valence electrons. The minimum atomic E-state index is -0.380. The molecule has 0 aliphatic carbocycles. The summed E-state index contributed by atoms with van der Waals surface area (Å²) < 4.78 is 10.5. The molecule has 0 heterocycles. The van der Waals surface area contributed by atoms with Crippen molar-refractivity contribution in [3.63, 3.8) is 0 Å². The number of hydrogen-bond acceptors (Lipinski definition) is 4. The number of hydrogen-bond donors (Lipinski definition) is 1. The minimum absolute atomic E-state index is 0.0422. The second-order valence-corrected chi connectivity index (χ2v) is 4.07. The Hall–Kier alpha value is -0.610. The third-order valence-corrected chi connectivity index (χ3v) is 2.25. The standard InChI is InChI=1S/C12H24O4/c1-5-11(8-12(14)15-6-2)16-10(4)7-9(3)13/h9-11,13H,5-8H2,1-4H3/t9-,10+,11+/m1/s1. The van der Waals surface area contributed by atoms with Gasteiger partial charge in [0.25, 0.3) is 0 Å². The molecule has 0 saturated carbocycles. The van der Waals surface area contributed by atoms with Gasteiger partial charge in [0.1, 0.15) is 0 Å². The lowest BCUT2D eigenvalue weighted by molar-refractivity contribution is -0.147. The molecule has 0 saturated heterocycles. The van der Waals surface area contributed by atoms with E-state index in [1.165, 1.54) is 0 Å². The zero-order valence-electron chi connectivity index (χ0n) is 10.7. The fraction of sp³-hybridized carbons (Fsp3) is 0.917. The van der Waals surface area contributed by atoms with E-state index < -0.39 is 0 Å². The van der Waals surface area contributed by atoms with Crippen LogP contribution in [0.15, 0.2) is 0 Å². The average molecular weight is 232 g/mol. The molecule has 3 atom stereocenters. The number of ether oxygens (including phenoxy) is 2. The first-order valence-electron chi connectivity index (χ1n) is 5.98. The Balaban J connectivity index is 3.94. The summed E-state index contributed by atoms with van der Waals surface area (Å²) in [4.78, 5) is 11.3. The molecule has 16 heavy (non-hydrogen) atoms. The van der Waals surface area contributed by atoms with Crippen molar-refractivity contribution in [3.05, 3.63) is 0 Å². The van der Waals surface area contributed by atoms with Crippen LogP contribution in [0.2, 0.25) is 0 Å². The fourth-order valence-corrected chi connectivity index (χ4v) is 1.56. The van der Waals surface area contributed by atoms with Gasteiger partial charge in [0, 0.05) is 0 Å². The predicted molar refractivity (Wildman–Crippen MR) is 62.2 cm³/mol. The lowest BCUT2D eigenvalue weighted by Gasteiger charge is -2.21. The van der Waals surface area contributed by atoms with E-state index in [4.69, 9.17) is 9.47 Å². The maximum absolute atomic E-state index is 11.3. The van der Waals surface area contributed by atoms with Crippen LogP contribution in [0.25, 0.3) is 0 Å². The smallest absolute Gasteiger partial charge is 0.308 e. The zero-order valence-corrected chi connectivity index (χ0v) is 10.7. The van der Waals surface area contributed by atoms with Crippen LogP contribution in [0.1, 0.15) is 47.0 Å². The molecule has 0 spiro atoms. The summed E-state index contributed by atoms with van der Waals surface area (Å²) in [5.74, 6) is -0.224. The molecule has 0 fully saturated rings. The van der Waals surface area contributed by atoms with Gasteiger partial charge >= 0.3 is 5.97 Å². The minimum Gasteiger partial charge on any atom is -0.466 e. The molecule has 4 heteroatoms. The lowest BCUT2D eigenvalue weighted by atomic mass is 10.1. The summed E-state index contributed by atoms with van der Waals surface area (Å²) in [5.41, 5.74) is 0. The van der Waals surface area contributed by atoms with Crippen molar-refractivity contribution in [2.24, 2.45) is 0 Å². The van der Waals surface area contributed by atoms with Crippen LogP contribution >= 0.6 is 0 Å². The van der Waals surface area contributed by atoms with E-state index in [2.05, 4.69) is 0 Å². The highest BCUT2D eigenvalue weighted by Gasteiger charge is 2.17. The van der Waals surface area contributed by atoms with Crippen LogP contribution < -0.4 is 0 Å². The lowest BCUT2D eigenvalue weighted by Crippen LogP contribution is -2.25. The summed E-state index contributed by atoms with van der Waals surface area (Å²) in [7, 11) is 0. The third kappa shape index (κ3) is 7.65. The third-order valence-electron chi connectivity index (χ3n) is 2.25. The molecular weight excluding hydrogens is 208 g/mol. The molecule has 0 rings (SSSR count). The van der Waals surface area contributed by atoms with Crippen LogP contribution in [0, 0.1) is 0 Å². The highest BCUT2D eigenvalue weighted by molar-refractivity contribution is 5.69. The van der Waals surface area contributed by atoms with Crippen molar-refractivity contribution in [1.29, 1.82) is 0 Å². The van der Waals surface area contributed by atoms with Gasteiger partial charge in [0.2, 0.25) is 0 Å². The highest BCUT2D eigenvalue weighted by atomic mass is 16.5. The SMILES string of the molecule is CCOC(=O)C[C@H](CC)O[C@@H](C)C[C@@H](C)O. The number of esters is 1. The number of carbonyl (C=O) groups is 1. The van der Waals surface area contributed by atoms with Gasteiger partial charge in [-0.15, -0.1) is 0 Å². The summed E-state index contributed by atoms with van der Waals surface area (Å²) in [5, 5.41) is 9.20. The molecule has 0 aromatic rings. The Bertz CT molecular complexity index is 191. The van der Waals surface area contributed by atoms with Gasteiger partial charge in [0.05, 0.1) is 31.3 Å². The molecule has 0 radical (unpaired) electrons. The Morgan fingerprint density at radius 2 is 1.94 bits per heavy atom. The van der Waals surface area contributed by atoms with Gasteiger partial charge in [-0.25, -0.2) is 0 Å². The molecular formula is C12H24O4. The summed E-state index contributed by atoms with van der Waals surface area (Å²) >= 11 is 0. The largest absolute Gasteiger partial charge is 0.466 e. The van der Waals surface area contributed by atoms with Crippen LogP contribution in [0.4, 0.5) is 0 Å². The molecule has 0 bridgehead atoms. The molecule has 0 unspecified atom stereocenters. The van der Waals surface area contributed by atoms with Gasteiger partial charge in [-0.3, -0.25) is 4.79 Å². The predicted octanol–water partition coefficient (Wildman–Crippen LogP) is 1.89. The number of aliphatic hydroxyl groups is 1. The van der Waals surface area contributed by atoms with E-state index in [0.29, 0.717) is 13.0 Å². The van der Waals surface area contributed by atoms with E-state index in [0.717, 1.165) is 6.42 Å². The fourth-order valence-electron chi connectivity index (χ4n) is 1.56. The first-order chi connectivity index (χ1) is 7.49. The van der Waals surface area contributed by atoms with Gasteiger partial charge in [0.15, 0.2) is 0 Å². The van der Waals surface area contributed by atoms with Crippen molar-refractivity contribution in [2.45, 2.75) is 65.3 Å². The number of aliphatic hydroxyl groups excluding tert-OH is 1. The first-order valence-corrected chi connectivity index (χ1v) is 5.98. The maximum atomic E-state index is 11.3. The van der Waals surface area contributed by atoms with E-state index in [1.54, 1.807) is 13.8 Å². The van der Waals surface area contributed by atoms with E-state index in [9.17, 15) is 9.90 Å². The Labute approximate surface area is 97.9 Å². The summed E-state index contributed by atoms with van der Waals surface area (Å²) in [6.07, 6.45) is 1.10. The highest BCUT2D eigenvalue weighted by Crippen LogP contribution is 2.11. The quantitative estimate of drug-likeness (QED) is 0.649. The van der Waals surface area contributed by atoms with Gasteiger partial charge in [-0.2, -0.15) is 0 Å². The molecule has 0 amide bonds. The molecule has 0 aromatic heterocycles. The maximum Gasteiger partial charge on any atom is 0.308 e. The van der Waals surface area contributed by atoms with Gasteiger partial charge in [-0.05, 0) is 33.6 Å². The van der Waals surface area contributed by atoms with Crippen LogP contribution in [0.3, 0.4) is 0 Å². The average Bonchev–Trinajstić information content (AvgIpc) is 2.15. The van der Waals surface area contributed by atoms with Crippen LogP contribution in [-0.4, -0.2) is 36.0 Å². The van der Waals surface area contributed by atoms with Crippen molar-refractivity contribution in [1.82, 2.24) is 0 Å². The van der Waals surface area contributed by atoms with Crippen molar-refractivity contribution < 1.29 is 19.4 Å². The van der Waals surface area contributed by atoms with Crippen molar-refractivity contribution in [3.8, 4) is 0 Å². The van der Waals surface area contributed by atoms with Crippen molar-refractivity contribution >= 4 is 5.97 Å². The van der Waals surface area contributed by atoms with Crippen LogP contribution in [-0.2, 0) is 14.3 Å². The Morgan fingerprint density at radius 1 is 1.31 bits per heavy atom. The molecule has 0 aliphatic rings. The first kappa shape index (κ1) is 15.4. The van der Waals surface area contributed by atoms with Crippen molar-refractivity contribution in [2.75, 3.05) is 6.61 Å². The van der Waals surface area contributed by atoms with E-state index >= 15 is 0 Å². The van der Waals surface area contributed by atoms with E-state index in [-0.39, 0.29) is 30.7 Å². The second kappa shape index (κ2) is 8.53. The second-order valence-electron chi connectivity index (χ2n) is 4.07. The molecule has 0 aliphatic heterocycles. The summed E-state index contributed by atoms with van der Waals surface area (Å²) in [6, 6.07) is 0. The zero-order chi connectivity index (χ0) is 12.6. The number of rotatable bonds is 8. The monoisotopic (exact) mass is 232 g/mol. The summed E-state index contributed by atoms with van der Waals surface area (Å²) in [6.45, 7) is 7.79. The molecule has 4 nitrogen and oxygen atoms in total. The number of carbonyl (C=O) groups excluding carboxylic acids is 1. The molecule has 0 aromatic carbocycles. The Kier molecular flexibility index (Phi) is 8.21. The molecule has 1 N–H and O–H groups in total. The Morgan fingerprint density at radius 3 is 2.38 bits per heavy atom. The van der Waals surface area contributed by atoms with Crippen LogP contribution in [0.5, 0.6) is 0 Å². The normalized spacial score (nSPS) is 16.6. The topological polar surface area (TPSA) is 55.8 Å². The van der Waals surface area contributed by atoms with Gasteiger partial charge < -0.3 is 14.6 Å². The van der Waals surface area contributed by atoms with Gasteiger partial charge in [-0.1, -0.05) is 6.92 Å².